The molecule has 0 aliphatic carbocycles. The van der Waals surface area contributed by atoms with Crippen molar-refractivity contribution in [3.63, 3.8) is 0 Å². The molecule has 1 rings (SSSR count). The van der Waals surface area contributed by atoms with Crippen molar-refractivity contribution in [1.29, 1.82) is 0 Å². The molecule has 1 fully saturated rings. The van der Waals surface area contributed by atoms with Crippen molar-refractivity contribution in [2.45, 2.75) is 31.4 Å². The Morgan fingerprint density at radius 3 is 3.00 bits per heavy atom. The Morgan fingerprint density at radius 2 is 2.44 bits per heavy atom. The van der Waals surface area contributed by atoms with E-state index in [0.29, 0.717) is 13.0 Å². The molecular formula is C11H23N3O2. The van der Waals surface area contributed by atoms with Gasteiger partial charge in [-0.1, -0.05) is 0 Å². The van der Waals surface area contributed by atoms with Gasteiger partial charge in [0.25, 0.3) is 0 Å². The standard InChI is InChI=1S/C11H23N3O2/c1-14-5-3-4-9(8-14)13-11(15)6-10(7-12)16-2/h9-10H,3-8,12H2,1-2H3,(H,13,15). The van der Waals surface area contributed by atoms with E-state index in [0.717, 1.165) is 25.9 Å². The van der Waals surface area contributed by atoms with Crippen molar-refractivity contribution in [3.8, 4) is 0 Å². The molecular weight excluding hydrogens is 206 g/mol. The van der Waals surface area contributed by atoms with E-state index in [1.54, 1.807) is 7.11 Å². The molecule has 0 bridgehead atoms. The van der Waals surface area contributed by atoms with Gasteiger partial charge in [0, 0.05) is 26.2 Å². The molecule has 1 aliphatic heterocycles. The van der Waals surface area contributed by atoms with Gasteiger partial charge in [-0.25, -0.2) is 0 Å². The quantitative estimate of drug-likeness (QED) is 0.671. The maximum absolute atomic E-state index is 11.7. The van der Waals surface area contributed by atoms with Crippen LogP contribution < -0.4 is 11.1 Å². The van der Waals surface area contributed by atoms with Crippen LogP contribution in [0.25, 0.3) is 0 Å². The third-order valence-corrected chi connectivity index (χ3v) is 3.00. The lowest BCUT2D eigenvalue weighted by atomic mass is 10.1. The van der Waals surface area contributed by atoms with Crippen LogP contribution in [0, 0.1) is 0 Å². The molecule has 0 saturated carbocycles. The zero-order valence-corrected chi connectivity index (χ0v) is 10.2. The Morgan fingerprint density at radius 1 is 1.69 bits per heavy atom. The average Bonchev–Trinajstić information content (AvgIpc) is 2.26. The summed E-state index contributed by atoms with van der Waals surface area (Å²) in [5, 5.41) is 3.03. The van der Waals surface area contributed by atoms with Gasteiger partial charge in [0.2, 0.25) is 5.91 Å². The number of carbonyl (C=O) groups excluding carboxylic acids is 1. The topological polar surface area (TPSA) is 67.6 Å². The van der Waals surface area contributed by atoms with E-state index < -0.39 is 0 Å². The van der Waals surface area contributed by atoms with Crippen molar-refractivity contribution in [2.75, 3.05) is 33.8 Å². The summed E-state index contributed by atoms with van der Waals surface area (Å²) in [7, 11) is 3.66. The van der Waals surface area contributed by atoms with Crippen LogP contribution in [-0.2, 0) is 9.53 Å². The smallest absolute Gasteiger partial charge is 0.222 e. The zero-order valence-electron chi connectivity index (χ0n) is 10.2. The molecule has 94 valence electrons. The highest BCUT2D eigenvalue weighted by atomic mass is 16.5. The van der Waals surface area contributed by atoms with Crippen LogP contribution in [0.5, 0.6) is 0 Å². The fraction of sp³-hybridized carbons (Fsp3) is 0.909. The monoisotopic (exact) mass is 229 g/mol. The minimum absolute atomic E-state index is 0.0394. The molecule has 1 heterocycles. The van der Waals surface area contributed by atoms with E-state index in [2.05, 4.69) is 17.3 Å². The predicted octanol–water partition coefficient (Wildman–Crippen LogP) is -0.439. The highest BCUT2D eigenvalue weighted by molar-refractivity contribution is 5.76. The number of amides is 1. The first-order valence-corrected chi connectivity index (χ1v) is 5.86. The molecule has 5 heteroatoms. The average molecular weight is 229 g/mol. The molecule has 1 aliphatic rings. The Kier molecular flexibility index (Phi) is 5.73. The summed E-state index contributed by atoms with van der Waals surface area (Å²) >= 11 is 0. The van der Waals surface area contributed by atoms with Crippen LogP contribution in [0.1, 0.15) is 19.3 Å². The lowest BCUT2D eigenvalue weighted by Gasteiger charge is -2.30. The lowest BCUT2D eigenvalue weighted by Crippen LogP contribution is -2.47. The summed E-state index contributed by atoms with van der Waals surface area (Å²) in [6, 6.07) is 0.279. The van der Waals surface area contributed by atoms with E-state index in [4.69, 9.17) is 10.5 Å². The summed E-state index contributed by atoms with van der Waals surface area (Å²) in [6.45, 7) is 2.44. The van der Waals surface area contributed by atoms with E-state index in [9.17, 15) is 4.79 Å². The Labute approximate surface area is 97.3 Å². The van der Waals surface area contributed by atoms with Crippen LogP contribution in [0.15, 0.2) is 0 Å². The van der Waals surface area contributed by atoms with E-state index >= 15 is 0 Å². The van der Waals surface area contributed by atoms with Crippen molar-refractivity contribution in [3.05, 3.63) is 0 Å². The number of nitrogens with one attached hydrogen (secondary N) is 1. The van der Waals surface area contributed by atoms with Gasteiger partial charge < -0.3 is 20.7 Å². The van der Waals surface area contributed by atoms with Gasteiger partial charge in [0.15, 0.2) is 0 Å². The second-order valence-electron chi connectivity index (χ2n) is 4.47. The van der Waals surface area contributed by atoms with Crippen molar-refractivity contribution in [1.82, 2.24) is 10.2 Å². The van der Waals surface area contributed by atoms with Gasteiger partial charge in [0.05, 0.1) is 12.5 Å². The molecule has 2 unspecified atom stereocenters. The molecule has 1 amide bonds. The lowest BCUT2D eigenvalue weighted by molar-refractivity contribution is -0.124. The number of carbonyl (C=O) groups is 1. The molecule has 2 atom stereocenters. The van der Waals surface area contributed by atoms with Crippen LogP contribution in [0.4, 0.5) is 0 Å². The molecule has 0 spiro atoms. The molecule has 0 aromatic heterocycles. The van der Waals surface area contributed by atoms with Gasteiger partial charge >= 0.3 is 0 Å². The Hall–Kier alpha value is -0.650. The van der Waals surface area contributed by atoms with Gasteiger partial charge in [0.1, 0.15) is 0 Å². The van der Waals surface area contributed by atoms with Gasteiger partial charge in [-0.15, -0.1) is 0 Å². The number of methoxy groups -OCH3 is 1. The van der Waals surface area contributed by atoms with Gasteiger partial charge in [-0.3, -0.25) is 4.79 Å². The summed E-state index contributed by atoms with van der Waals surface area (Å²) in [4.78, 5) is 13.9. The fourth-order valence-electron chi connectivity index (χ4n) is 2.04. The summed E-state index contributed by atoms with van der Waals surface area (Å²) in [5.41, 5.74) is 5.47. The molecule has 0 aromatic rings. The minimum atomic E-state index is -0.165. The fourth-order valence-corrected chi connectivity index (χ4v) is 2.04. The highest BCUT2D eigenvalue weighted by Crippen LogP contribution is 2.08. The second-order valence-corrected chi connectivity index (χ2v) is 4.47. The van der Waals surface area contributed by atoms with Gasteiger partial charge in [-0.2, -0.15) is 0 Å². The molecule has 0 radical (unpaired) electrons. The molecule has 1 saturated heterocycles. The van der Waals surface area contributed by atoms with Crippen LogP contribution in [-0.4, -0.2) is 56.7 Å². The maximum atomic E-state index is 11.7. The first-order valence-electron chi connectivity index (χ1n) is 5.86. The SMILES string of the molecule is COC(CN)CC(=O)NC1CCCN(C)C1. The maximum Gasteiger partial charge on any atom is 0.222 e. The first-order chi connectivity index (χ1) is 7.65. The van der Waals surface area contributed by atoms with Gasteiger partial charge in [-0.05, 0) is 26.4 Å². The van der Waals surface area contributed by atoms with E-state index in [1.165, 1.54) is 0 Å². The zero-order chi connectivity index (χ0) is 12.0. The molecule has 3 N–H and O–H groups in total. The number of nitrogens with two attached hydrogens (primary N) is 1. The van der Waals surface area contributed by atoms with Crippen molar-refractivity contribution in [2.24, 2.45) is 5.73 Å². The number of ether oxygens (including phenoxy) is 1. The largest absolute Gasteiger partial charge is 0.380 e. The predicted molar refractivity (Wildman–Crippen MR) is 63.1 cm³/mol. The van der Waals surface area contributed by atoms with Crippen LogP contribution in [0.3, 0.4) is 0 Å². The van der Waals surface area contributed by atoms with E-state index in [1.807, 2.05) is 0 Å². The number of likely N-dealkylation sites (tertiary alicyclic amines) is 1. The minimum Gasteiger partial charge on any atom is -0.380 e. The van der Waals surface area contributed by atoms with Crippen LogP contribution >= 0.6 is 0 Å². The molecule has 16 heavy (non-hydrogen) atoms. The number of hydrogen-bond donors (Lipinski definition) is 2. The molecule has 0 aromatic carbocycles. The van der Waals surface area contributed by atoms with Crippen molar-refractivity contribution < 1.29 is 9.53 Å². The number of nitrogens with zero attached hydrogens (tertiary/aromatic N) is 1. The summed E-state index contributed by atoms with van der Waals surface area (Å²) in [6.07, 6.45) is 2.40. The second kappa shape index (κ2) is 6.83. The van der Waals surface area contributed by atoms with Crippen molar-refractivity contribution >= 4 is 5.91 Å². The third-order valence-electron chi connectivity index (χ3n) is 3.00. The molecule has 5 nitrogen and oxygen atoms in total. The normalized spacial score (nSPS) is 24.1. The highest BCUT2D eigenvalue weighted by Gasteiger charge is 2.20. The number of likely N-dealkylation sites (N-methyl/N-ethyl adjacent to an activating group) is 1. The Balaban J connectivity index is 2.27. The Bertz CT molecular complexity index is 219. The first kappa shape index (κ1) is 13.4. The number of piperidine rings is 1. The number of rotatable bonds is 5. The summed E-state index contributed by atoms with van der Waals surface area (Å²) in [5.74, 6) is 0.0394. The third kappa shape index (κ3) is 4.47. The number of hydrogen-bond acceptors (Lipinski definition) is 4. The van der Waals surface area contributed by atoms with E-state index in [-0.39, 0.29) is 18.1 Å². The summed E-state index contributed by atoms with van der Waals surface area (Å²) < 4.78 is 5.08. The van der Waals surface area contributed by atoms with Crippen LogP contribution in [0.2, 0.25) is 0 Å².